The van der Waals surface area contributed by atoms with E-state index in [-0.39, 0.29) is 0 Å². The molecule has 1 saturated heterocycles. The summed E-state index contributed by atoms with van der Waals surface area (Å²) >= 11 is 3.31. The highest BCUT2D eigenvalue weighted by molar-refractivity contribution is 9.10. The summed E-state index contributed by atoms with van der Waals surface area (Å²) in [6.07, 6.45) is 0.815. The third-order valence-electron chi connectivity index (χ3n) is 3.33. The number of benzene rings is 1. The van der Waals surface area contributed by atoms with Gasteiger partial charge in [0.15, 0.2) is 0 Å². The van der Waals surface area contributed by atoms with Gasteiger partial charge in [-0.15, -0.1) is 0 Å². The van der Waals surface area contributed by atoms with Crippen molar-refractivity contribution in [3.63, 3.8) is 0 Å². The average molecular weight is 370 g/mol. The number of nitrogens with zero attached hydrogens (tertiary/aromatic N) is 1. The maximum atomic E-state index is 11.8. The minimum absolute atomic E-state index is 0.488. The average Bonchev–Trinajstić information content (AvgIpc) is 2.52. The molecule has 0 bridgehead atoms. The van der Waals surface area contributed by atoms with Gasteiger partial charge in [0.25, 0.3) is 0 Å². The zero-order valence-corrected chi connectivity index (χ0v) is 13.9. The molecule has 1 heterocycles. The van der Waals surface area contributed by atoms with Gasteiger partial charge in [0, 0.05) is 29.8 Å². The zero-order valence-electron chi connectivity index (χ0n) is 12.3. The molecule has 0 saturated carbocycles. The Morgan fingerprint density at radius 3 is 2.73 bits per heavy atom. The van der Waals surface area contributed by atoms with Crippen LogP contribution in [-0.2, 0) is 14.3 Å². The van der Waals surface area contributed by atoms with Gasteiger partial charge < -0.3 is 15.4 Å². The van der Waals surface area contributed by atoms with Crippen LogP contribution in [0.25, 0.3) is 0 Å². The molecule has 0 aromatic heterocycles. The molecule has 1 aromatic rings. The molecule has 2 N–H and O–H groups in total. The quantitative estimate of drug-likeness (QED) is 0.604. The predicted molar refractivity (Wildman–Crippen MR) is 87.7 cm³/mol. The molecule has 7 heteroatoms. The van der Waals surface area contributed by atoms with E-state index in [4.69, 9.17) is 4.74 Å². The summed E-state index contributed by atoms with van der Waals surface area (Å²) in [6, 6.07) is 7.11. The summed E-state index contributed by atoms with van der Waals surface area (Å²) in [5.74, 6) is -1.26. The van der Waals surface area contributed by atoms with Crippen LogP contribution in [0.5, 0.6) is 0 Å². The molecular formula is C15H20BrN3O3. The number of carbonyl (C=O) groups excluding carboxylic acids is 2. The van der Waals surface area contributed by atoms with Crippen molar-refractivity contribution in [3.05, 3.63) is 28.7 Å². The van der Waals surface area contributed by atoms with E-state index in [1.807, 2.05) is 6.07 Å². The first-order valence-electron chi connectivity index (χ1n) is 7.30. The van der Waals surface area contributed by atoms with Crippen molar-refractivity contribution < 1.29 is 14.3 Å². The van der Waals surface area contributed by atoms with Gasteiger partial charge >= 0.3 is 11.8 Å². The van der Waals surface area contributed by atoms with Gasteiger partial charge in [-0.1, -0.05) is 22.0 Å². The Kier molecular flexibility index (Phi) is 6.82. The Balaban J connectivity index is 1.64. The second-order valence-electron chi connectivity index (χ2n) is 5.03. The van der Waals surface area contributed by atoms with E-state index in [0.29, 0.717) is 12.2 Å². The van der Waals surface area contributed by atoms with Crippen LogP contribution in [0, 0.1) is 0 Å². The van der Waals surface area contributed by atoms with Crippen LogP contribution >= 0.6 is 15.9 Å². The molecule has 0 radical (unpaired) electrons. The van der Waals surface area contributed by atoms with Crippen molar-refractivity contribution in [1.82, 2.24) is 10.2 Å². The topological polar surface area (TPSA) is 70.7 Å². The minimum Gasteiger partial charge on any atom is -0.379 e. The Bertz CT molecular complexity index is 519. The van der Waals surface area contributed by atoms with Gasteiger partial charge in [-0.05, 0) is 31.2 Å². The summed E-state index contributed by atoms with van der Waals surface area (Å²) in [5, 5.41) is 5.20. The lowest BCUT2D eigenvalue weighted by Crippen LogP contribution is -2.39. The first-order valence-corrected chi connectivity index (χ1v) is 8.09. The normalized spacial score (nSPS) is 15.3. The number of carbonyl (C=O) groups is 2. The number of anilines is 1. The first-order chi connectivity index (χ1) is 10.6. The second kappa shape index (κ2) is 8.87. The molecule has 1 aliphatic rings. The maximum Gasteiger partial charge on any atom is 0.313 e. The zero-order chi connectivity index (χ0) is 15.8. The van der Waals surface area contributed by atoms with Crippen molar-refractivity contribution in [3.8, 4) is 0 Å². The lowest BCUT2D eigenvalue weighted by Gasteiger charge is -2.26. The van der Waals surface area contributed by atoms with E-state index in [0.717, 1.165) is 43.7 Å². The Labute approximate surface area is 138 Å². The highest BCUT2D eigenvalue weighted by atomic mass is 79.9. The molecule has 1 aliphatic heterocycles. The van der Waals surface area contributed by atoms with Crippen LogP contribution in [0.3, 0.4) is 0 Å². The van der Waals surface area contributed by atoms with Crippen molar-refractivity contribution in [2.45, 2.75) is 6.42 Å². The molecule has 22 heavy (non-hydrogen) atoms. The van der Waals surface area contributed by atoms with Crippen LogP contribution in [0.4, 0.5) is 5.69 Å². The van der Waals surface area contributed by atoms with Crippen LogP contribution in [0.2, 0.25) is 0 Å². The summed E-state index contributed by atoms with van der Waals surface area (Å²) in [4.78, 5) is 25.8. The largest absolute Gasteiger partial charge is 0.379 e. The lowest BCUT2D eigenvalue weighted by atomic mass is 10.3. The Morgan fingerprint density at radius 2 is 2.00 bits per heavy atom. The molecular weight excluding hydrogens is 350 g/mol. The highest BCUT2D eigenvalue weighted by Gasteiger charge is 2.14. The van der Waals surface area contributed by atoms with Crippen molar-refractivity contribution in [2.75, 3.05) is 44.7 Å². The molecule has 1 fully saturated rings. The van der Waals surface area contributed by atoms with E-state index < -0.39 is 11.8 Å². The van der Waals surface area contributed by atoms with Gasteiger partial charge in [0.05, 0.1) is 13.2 Å². The number of rotatable bonds is 5. The number of hydrogen-bond acceptors (Lipinski definition) is 4. The molecule has 2 rings (SSSR count). The molecule has 0 spiro atoms. The monoisotopic (exact) mass is 369 g/mol. The lowest BCUT2D eigenvalue weighted by molar-refractivity contribution is -0.136. The van der Waals surface area contributed by atoms with E-state index in [9.17, 15) is 9.59 Å². The van der Waals surface area contributed by atoms with Crippen molar-refractivity contribution >= 4 is 33.4 Å². The van der Waals surface area contributed by atoms with E-state index in [1.54, 1.807) is 18.2 Å². The predicted octanol–water partition coefficient (Wildman–Crippen LogP) is 1.23. The molecule has 0 unspecified atom stereocenters. The third-order valence-corrected chi connectivity index (χ3v) is 3.82. The summed E-state index contributed by atoms with van der Waals surface area (Å²) in [5.41, 5.74) is 0.586. The maximum absolute atomic E-state index is 11.8. The summed E-state index contributed by atoms with van der Waals surface area (Å²) in [7, 11) is 0. The van der Waals surface area contributed by atoms with Gasteiger partial charge in [-0.2, -0.15) is 0 Å². The number of amides is 2. The fourth-order valence-corrected chi connectivity index (χ4v) is 2.56. The van der Waals surface area contributed by atoms with Crippen LogP contribution in [0.15, 0.2) is 28.7 Å². The van der Waals surface area contributed by atoms with E-state index in [2.05, 4.69) is 31.5 Å². The number of halogens is 1. The van der Waals surface area contributed by atoms with Gasteiger partial charge in [-0.25, -0.2) is 0 Å². The number of morpholine rings is 1. The highest BCUT2D eigenvalue weighted by Crippen LogP contribution is 2.15. The molecule has 6 nitrogen and oxygen atoms in total. The van der Waals surface area contributed by atoms with Gasteiger partial charge in [0.2, 0.25) is 0 Å². The fourth-order valence-electron chi connectivity index (χ4n) is 2.16. The third kappa shape index (κ3) is 5.75. The van der Waals surface area contributed by atoms with E-state index in [1.165, 1.54) is 0 Å². The molecule has 120 valence electrons. The van der Waals surface area contributed by atoms with Crippen molar-refractivity contribution in [1.29, 1.82) is 0 Å². The smallest absolute Gasteiger partial charge is 0.313 e. The number of ether oxygens (including phenoxy) is 1. The SMILES string of the molecule is O=C(NCCCN1CCOCC1)C(=O)Nc1cccc(Br)c1. The Hall–Kier alpha value is -1.44. The second-order valence-corrected chi connectivity index (χ2v) is 5.94. The Morgan fingerprint density at radius 1 is 1.23 bits per heavy atom. The van der Waals surface area contributed by atoms with Crippen LogP contribution < -0.4 is 10.6 Å². The number of nitrogens with one attached hydrogen (secondary N) is 2. The van der Waals surface area contributed by atoms with E-state index >= 15 is 0 Å². The minimum atomic E-state index is -0.649. The van der Waals surface area contributed by atoms with Gasteiger partial charge in [0.1, 0.15) is 0 Å². The molecule has 2 amide bonds. The molecule has 0 atom stereocenters. The summed E-state index contributed by atoms with van der Waals surface area (Å²) < 4.78 is 6.12. The summed E-state index contributed by atoms with van der Waals surface area (Å²) in [6.45, 7) is 4.77. The van der Waals surface area contributed by atoms with Crippen molar-refractivity contribution in [2.24, 2.45) is 0 Å². The molecule has 1 aromatic carbocycles. The standard InChI is InChI=1S/C15H20BrN3O3/c16-12-3-1-4-13(11-12)18-15(21)14(20)17-5-2-6-19-7-9-22-10-8-19/h1,3-4,11H,2,5-10H2,(H,17,20)(H,18,21). The van der Waals surface area contributed by atoms with Crippen LogP contribution in [0.1, 0.15) is 6.42 Å². The first kappa shape index (κ1) is 16.9. The van der Waals surface area contributed by atoms with Gasteiger partial charge in [-0.3, -0.25) is 14.5 Å². The molecule has 0 aliphatic carbocycles. The fraction of sp³-hybridized carbons (Fsp3) is 0.467. The van der Waals surface area contributed by atoms with Crippen LogP contribution in [-0.4, -0.2) is 56.1 Å². The number of hydrogen-bond donors (Lipinski definition) is 2.